The average molecular weight is 311 g/mol. The number of rotatable bonds is 4. The van der Waals surface area contributed by atoms with Crippen LogP contribution in [0.4, 0.5) is 11.4 Å². The minimum absolute atomic E-state index is 0.116. The van der Waals surface area contributed by atoms with Gasteiger partial charge in [-0.25, -0.2) is 0 Å². The fourth-order valence-corrected chi connectivity index (χ4v) is 2.52. The van der Waals surface area contributed by atoms with Crippen LogP contribution in [0.2, 0.25) is 5.02 Å². The van der Waals surface area contributed by atoms with Crippen LogP contribution in [0.3, 0.4) is 0 Å². The van der Waals surface area contributed by atoms with Crippen LogP contribution in [0.25, 0.3) is 10.8 Å². The summed E-state index contributed by atoms with van der Waals surface area (Å²) in [5.41, 5.74) is 1.64. The van der Waals surface area contributed by atoms with Crippen molar-refractivity contribution in [3.63, 3.8) is 0 Å². The average Bonchev–Trinajstić information content (AvgIpc) is 2.53. The second kappa shape index (κ2) is 6.50. The number of benzene rings is 3. The van der Waals surface area contributed by atoms with Gasteiger partial charge in [-0.3, -0.25) is 4.79 Å². The van der Waals surface area contributed by atoms with Gasteiger partial charge in [0.2, 0.25) is 5.91 Å². The first-order chi connectivity index (χ1) is 10.7. The van der Waals surface area contributed by atoms with Gasteiger partial charge in [0.25, 0.3) is 0 Å². The summed E-state index contributed by atoms with van der Waals surface area (Å²) in [6.07, 6.45) is 0. The van der Waals surface area contributed by atoms with Gasteiger partial charge in [-0.2, -0.15) is 0 Å². The van der Waals surface area contributed by atoms with E-state index < -0.39 is 0 Å². The van der Waals surface area contributed by atoms with Crippen LogP contribution in [-0.4, -0.2) is 12.5 Å². The fraction of sp³-hybridized carbons (Fsp3) is 0.0556. The van der Waals surface area contributed by atoms with Crippen molar-refractivity contribution >= 4 is 39.7 Å². The molecule has 0 fully saturated rings. The summed E-state index contributed by atoms with van der Waals surface area (Å²) in [6.45, 7) is 0.195. The van der Waals surface area contributed by atoms with E-state index in [2.05, 4.69) is 10.6 Å². The highest BCUT2D eigenvalue weighted by Gasteiger charge is 2.04. The second-order valence-electron chi connectivity index (χ2n) is 4.94. The maximum Gasteiger partial charge on any atom is 0.243 e. The van der Waals surface area contributed by atoms with Crippen LogP contribution in [0.15, 0.2) is 66.7 Å². The number of nitrogens with one attached hydrogen (secondary N) is 2. The number of amides is 1. The van der Waals surface area contributed by atoms with E-state index in [9.17, 15) is 4.79 Å². The number of carbonyl (C=O) groups excluding carboxylic acids is 1. The van der Waals surface area contributed by atoms with Gasteiger partial charge in [-0.15, -0.1) is 0 Å². The van der Waals surface area contributed by atoms with Gasteiger partial charge in [-0.05, 0) is 29.7 Å². The fourth-order valence-electron chi connectivity index (χ4n) is 2.33. The highest BCUT2D eigenvalue weighted by molar-refractivity contribution is 6.30. The van der Waals surface area contributed by atoms with E-state index >= 15 is 0 Å². The zero-order chi connectivity index (χ0) is 15.4. The molecule has 22 heavy (non-hydrogen) atoms. The third kappa shape index (κ3) is 3.38. The van der Waals surface area contributed by atoms with Gasteiger partial charge < -0.3 is 10.6 Å². The quantitative estimate of drug-likeness (QED) is 0.742. The van der Waals surface area contributed by atoms with Crippen molar-refractivity contribution in [2.75, 3.05) is 17.2 Å². The van der Waals surface area contributed by atoms with E-state index in [-0.39, 0.29) is 12.5 Å². The predicted molar refractivity (Wildman–Crippen MR) is 92.5 cm³/mol. The van der Waals surface area contributed by atoms with Gasteiger partial charge >= 0.3 is 0 Å². The molecular formula is C18H15ClN2O. The summed E-state index contributed by atoms with van der Waals surface area (Å²) in [7, 11) is 0. The van der Waals surface area contributed by atoms with E-state index in [1.165, 1.54) is 0 Å². The highest BCUT2D eigenvalue weighted by Crippen LogP contribution is 2.22. The highest BCUT2D eigenvalue weighted by atomic mass is 35.5. The number of hydrogen-bond donors (Lipinski definition) is 2. The molecule has 3 nitrogen and oxygen atoms in total. The molecule has 0 spiro atoms. The second-order valence-corrected chi connectivity index (χ2v) is 5.38. The van der Waals surface area contributed by atoms with Gasteiger partial charge in [0.15, 0.2) is 0 Å². The SMILES string of the molecule is O=C(CNc1cccc2ccccc12)Nc1cccc(Cl)c1. The van der Waals surface area contributed by atoms with Gasteiger partial charge in [0.05, 0.1) is 6.54 Å². The minimum atomic E-state index is -0.116. The molecule has 0 bridgehead atoms. The number of carbonyl (C=O) groups is 1. The third-order valence-corrected chi connectivity index (χ3v) is 3.57. The molecule has 4 heteroatoms. The third-order valence-electron chi connectivity index (χ3n) is 3.34. The number of fused-ring (bicyclic) bond motifs is 1. The molecule has 2 N–H and O–H groups in total. The maximum absolute atomic E-state index is 12.0. The summed E-state index contributed by atoms with van der Waals surface area (Å²) < 4.78 is 0. The van der Waals surface area contributed by atoms with Crippen molar-refractivity contribution < 1.29 is 4.79 Å². The van der Waals surface area contributed by atoms with Crippen molar-refractivity contribution in [1.29, 1.82) is 0 Å². The van der Waals surface area contributed by atoms with Crippen LogP contribution < -0.4 is 10.6 Å². The van der Waals surface area contributed by atoms with E-state index in [0.29, 0.717) is 10.7 Å². The van der Waals surface area contributed by atoms with E-state index in [0.717, 1.165) is 16.5 Å². The Hall–Kier alpha value is -2.52. The summed E-state index contributed by atoms with van der Waals surface area (Å²) in [5.74, 6) is -0.116. The molecule has 0 heterocycles. The molecule has 0 saturated carbocycles. The maximum atomic E-state index is 12.0. The van der Waals surface area contributed by atoms with E-state index in [4.69, 9.17) is 11.6 Å². The molecular weight excluding hydrogens is 296 g/mol. The minimum Gasteiger partial charge on any atom is -0.376 e. The molecule has 0 aliphatic rings. The number of hydrogen-bond acceptors (Lipinski definition) is 2. The molecule has 3 rings (SSSR count). The van der Waals surface area contributed by atoms with Crippen molar-refractivity contribution in [3.8, 4) is 0 Å². The molecule has 0 aliphatic heterocycles. The topological polar surface area (TPSA) is 41.1 Å². The number of anilines is 2. The first-order valence-electron chi connectivity index (χ1n) is 6.99. The Labute approximate surface area is 133 Å². The Morgan fingerprint density at radius 3 is 2.59 bits per heavy atom. The Balaban J connectivity index is 1.68. The van der Waals surface area contributed by atoms with Crippen LogP contribution in [0.5, 0.6) is 0 Å². The molecule has 0 atom stereocenters. The number of halogens is 1. The zero-order valence-electron chi connectivity index (χ0n) is 11.8. The normalized spacial score (nSPS) is 10.4. The molecule has 3 aromatic rings. The lowest BCUT2D eigenvalue weighted by Gasteiger charge is -2.10. The summed E-state index contributed by atoms with van der Waals surface area (Å²) in [4.78, 5) is 12.0. The summed E-state index contributed by atoms with van der Waals surface area (Å²) in [5, 5.41) is 8.83. The van der Waals surface area contributed by atoms with Crippen LogP contribution in [0, 0.1) is 0 Å². The molecule has 3 aromatic carbocycles. The predicted octanol–water partition coefficient (Wildman–Crippen LogP) is 4.54. The first kappa shape index (κ1) is 14.4. The van der Waals surface area contributed by atoms with Crippen LogP contribution >= 0.6 is 11.6 Å². The van der Waals surface area contributed by atoms with Crippen LogP contribution in [-0.2, 0) is 4.79 Å². The van der Waals surface area contributed by atoms with Crippen LogP contribution in [0.1, 0.15) is 0 Å². The molecule has 110 valence electrons. The van der Waals surface area contributed by atoms with Gasteiger partial charge in [-0.1, -0.05) is 54.1 Å². The van der Waals surface area contributed by atoms with Gasteiger partial charge in [0, 0.05) is 21.8 Å². The smallest absolute Gasteiger partial charge is 0.243 e. The van der Waals surface area contributed by atoms with Gasteiger partial charge in [0.1, 0.15) is 0 Å². The zero-order valence-corrected chi connectivity index (χ0v) is 12.6. The van der Waals surface area contributed by atoms with Crippen molar-refractivity contribution in [3.05, 3.63) is 71.8 Å². The Morgan fingerprint density at radius 1 is 0.955 bits per heavy atom. The van der Waals surface area contributed by atoms with E-state index in [1.54, 1.807) is 18.2 Å². The first-order valence-corrected chi connectivity index (χ1v) is 7.37. The van der Waals surface area contributed by atoms with E-state index in [1.807, 2.05) is 48.5 Å². The molecule has 0 aromatic heterocycles. The monoisotopic (exact) mass is 310 g/mol. The standard InChI is InChI=1S/C18H15ClN2O/c19-14-7-4-8-15(11-14)21-18(22)12-20-17-10-3-6-13-5-1-2-9-16(13)17/h1-11,20H,12H2,(H,21,22). The molecule has 0 saturated heterocycles. The lowest BCUT2D eigenvalue weighted by atomic mass is 10.1. The van der Waals surface area contributed by atoms with Crippen molar-refractivity contribution in [1.82, 2.24) is 0 Å². The summed E-state index contributed by atoms with van der Waals surface area (Å²) >= 11 is 5.90. The Morgan fingerprint density at radius 2 is 1.73 bits per heavy atom. The molecule has 1 amide bonds. The Kier molecular flexibility index (Phi) is 4.26. The Bertz CT molecular complexity index is 812. The van der Waals surface area contributed by atoms with Crippen molar-refractivity contribution in [2.45, 2.75) is 0 Å². The molecule has 0 aliphatic carbocycles. The lowest BCUT2D eigenvalue weighted by Crippen LogP contribution is -2.21. The summed E-state index contributed by atoms with van der Waals surface area (Å²) in [6, 6.07) is 21.2. The molecule has 0 unspecified atom stereocenters. The molecule has 0 radical (unpaired) electrons. The lowest BCUT2D eigenvalue weighted by molar-refractivity contribution is -0.114. The van der Waals surface area contributed by atoms with Crippen molar-refractivity contribution in [2.24, 2.45) is 0 Å². The largest absolute Gasteiger partial charge is 0.376 e.